The van der Waals surface area contributed by atoms with E-state index >= 15 is 0 Å². The summed E-state index contributed by atoms with van der Waals surface area (Å²) in [6.45, 7) is 10.5. The van der Waals surface area contributed by atoms with Crippen molar-refractivity contribution < 1.29 is 14.3 Å². The Morgan fingerprint density at radius 2 is 1.85 bits per heavy atom. The maximum absolute atomic E-state index is 12.1. The average Bonchev–Trinajstić information content (AvgIpc) is 2.66. The first-order chi connectivity index (χ1) is 13.0. The topological polar surface area (TPSA) is 59.6 Å². The van der Waals surface area contributed by atoms with E-state index < -0.39 is 0 Å². The Bertz CT molecular complexity index is 756. The Kier molecular flexibility index (Phi) is 7.74. The third-order valence-corrected chi connectivity index (χ3v) is 3.82. The van der Waals surface area contributed by atoms with Crippen LogP contribution in [-0.2, 0) is 4.79 Å². The zero-order valence-corrected chi connectivity index (χ0v) is 16.2. The molecule has 2 aromatic carbocycles. The van der Waals surface area contributed by atoms with Gasteiger partial charge >= 0.3 is 0 Å². The van der Waals surface area contributed by atoms with E-state index in [9.17, 15) is 4.79 Å². The molecule has 0 aliphatic heterocycles. The van der Waals surface area contributed by atoms with Crippen LogP contribution < -0.4 is 20.1 Å². The molecule has 0 spiro atoms. The molecule has 2 aromatic rings. The highest BCUT2D eigenvalue weighted by atomic mass is 16.5. The molecule has 5 heteroatoms. The number of hydrogen-bond acceptors (Lipinski definition) is 4. The molecule has 0 fully saturated rings. The predicted molar refractivity (Wildman–Crippen MR) is 111 cm³/mol. The van der Waals surface area contributed by atoms with Crippen LogP contribution in [0.4, 0.5) is 11.4 Å². The lowest BCUT2D eigenvalue weighted by molar-refractivity contribution is -0.114. The van der Waals surface area contributed by atoms with Gasteiger partial charge in [-0.15, -0.1) is 0 Å². The number of carbonyl (C=O) groups is 1. The van der Waals surface area contributed by atoms with Gasteiger partial charge in [-0.25, -0.2) is 0 Å². The quantitative estimate of drug-likeness (QED) is 0.588. The van der Waals surface area contributed by atoms with E-state index in [1.807, 2.05) is 62.4 Å². The second-order valence-corrected chi connectivity index (χ2v) is 6.54. The van der Waals surface area contributed by atoms with Gasteiger partial charge in [-0.2, -0.15) is 0 Å². The van der Waals surface area contributed by atoms with Crippen LogP contribution in [0, 0.1) is 0 Å². The Balaban J connectivity index is 1.82. The number of hydrogen-bond donors (Lipinski definition) is 2. The van der Waals surface area contributed by atoms with E-state index in [4.69, 9.17) is 9.47 Å². The Morgan fingerprint density at radius 3 is 2.52 bits per heavy atom. The van der Waals surface area contributed by atoms with Crippen molar-refractivity contribution in [1.82, 2.24) is 0 Å². The van der Waals surface area contributed by atoms with E-state index in [2.05, 4.69) is 24.1 Å². The zero-order valence-electron chi connectivity index (χ0n) is 16.2. The molecule has 2 N–H and O–H groups in total. The minimum absolute atomic E-state index is 0.126. The summed E-state index contributed by atoms with van der Waals surface area (Å²) in [5, 5.41) is 5.96. The van der Waals surface area contributed by atoms with Crippen LogP contribution in [0.2, 0.25) is 0 Å². The summed E-state index contributed by atoms with van der Waals surface area (Å²) in [6, 6.07) is 14.9. The molecule has 0 aliphatic rings. The minimum atomic E-state index is -0.126. The summed E-state index contributed by atoms with van der Waals surface area (Å²) in [5.74, 6) is 1.41. The van der Waals surface area contributed by atoms with Crippen LogP contribution >= 0.6 is 0 Å². The molecule has 0 aromatic heterocycles. The molecule has 27 heavy (non-hydrogen) atoms. The first-order valence-electron chi connectivity index (χ1n) is 9.14. The second kappa shape index (κ2) is 10.3. The lowest BCUT2D eigenvalue weighted by Gasteiger charge is -2.13. The number of benzene rings is 2. The van der Waals surface area contributed by atoms with E-state index in [1.54, 1.807) is 0 Å². The summed E-state index contributed by atoms with van der Waals surface area (Å²) in [4.78, 5) is 12.1. The first-order valence-corrected chi connectivity index (χ1v) is 9.14. The molecule has 2 rings (SSSR count). The van der Waals surface area contributed by atoms with Gasteiger partial charge in [0.25, 0.3) is 0 Å². The Morgan fingerprint density at radius 1 is 1.11 bits per heavy atom. The van der Waals surface area contributed by atoms with Crippen molar-refractivity contribution in [3.05, 3.63) is 60.7 Å². The molecular weight excluding hydrogens is 340 g/mol. The van der Waals surface area contributed by atoms with Crippen molar-refractivity contribution in [2.75, 3.05) is 23.8 Å². The molecule has 1 amide bonds. The van der Waals surface area contributed by atoms with Gasteiger partial charge < -0.3 is 20.1 Å². The molecule has 0 saturated heterocycles. The van der Waals surface area contributed by atoms with E-state index in [0.29, 0.717) is 6.61 Å². The van der Waals surface area contributed by atoms with Crippen LogP contribution in [0.5, 0.6) is 11.5 Å². The summed E-state index contributed by atoms with van der Waals surface area (Å²) >= 11 is 0. The highest BCUT2D eigenvalue weighted by Gasteiger charge is 2.05. The third-order valence-electron chi connectivity index (χ3n) is 3.82. The monoisotopic (exact) mass is 368 g/mol. The Labute approximate surface area is 161 Å². The van der Waals surface area contributed by atoms with Gasteiger partial charge in [0.05, 0.1) is 12.6 Å². The van der Waals surface area contributed by atoms with Crippen LogP contribution in [0.3, 0.4) is 0 Å². The molecule has 144 valence electrons. The fourth-order valence-electron chi connectivity index (χ4n) is 2.22. The minimum Gasteiger partial charge on any atom is -0.491 e. The maximum atomic E-state index is 12.1. The highest BCUT2D eigenvalue weighted by molar-refractivity contribution is 5.93. The summed E-state index contributed by atoms with van der Waals surface area (Å²) in [5.41, 5.74) is 2.51. The molecule has 0 bridgehead atoms. The van der Waals surface area contributed by atoms with Gasteiger partial charge in [0.1, 0.15) is 18.1 Å². The van der Waals surface area contributed by atoms with Gasteiger partial charge in [-0.05, 0) is 62.2 Å². The van der Waals surface area contributed by atoms with Crippen molar-refractivity contribution in [2.45, 2.75) is 33.3 Å². The maximum Gasteiger partial charge on any atom is 0.243 e. The van der Waals surface area contributed by atoms with Gasteiger partial charge in [-0.1, -0.05) is 19.6 Å². The summed E-state index contributed by atoms with van der Waals surface area (Å²) in [6.07, 6.45) is 1.12. The van der Waals surface area contributed by atoms with E-state index in [-0.39, 0.29) is 18.6 Å². The largest absolute Gasteiger partial charge is 0.491 e. The van der Waals surface area contributed by atoms with Crippen molar-refractivity contribution in [1.29, 1.82) is 0 Å². The standard InChI is InChI=1S/C22H28N2O3/c1-5-17(4)27-20-11-9-18(10-12-20)24-22(25)14-23-19-7-6-8-21(13-19)26-15-16(2)3/h6-13,17,23H,2,5,14-15H2,1,3-4H3,(H,24,25). The number of ether oxygens (including phenoxy) is 2. The average molecular weight is 368 g/mol. The van der Waals surface area contributed by atoms with Crippen molar-refractivity contribution in [2.24, 2.45) is 0 Å². The summed E-state index contributed by atoms with van der Waals surface area (Å²) < 4.78 is 11.3. The SMILES string of the molecule is C=C(C)COc1cccc(NCC(=O)Nc2ccc(OC(C)CC)cc2)c1. The molecule has 0 radical (unpaired) electrons. The molecule has 0 saturated carbocycles. The number of anilines is 2. The van der Waals surface area contributed by atoms with Crippen LogP contribution in [0.25, 0.3) is 0 Å². The smallest absolute Gasteiger partial charge is 0.243 e. The molecular formula is C22H28N2O3. The number of rotatable bonds is 10. The third kappa shape index (κ3) is 7.44. The van der Waals surface area contributed by atoms with Crippen molar-refractivity contribution >= 4 is 17.3 Å². The normalized spacial score (nSPS) is 11.4. The number of nitrogens with one attached hydrogen (secondary N) is 2. The van der Waals surface area contributed by atoms with Crippen LogP contribution in [0.1, 0.15) is 27.2 Å². The van der Waals surface area contributed by atoms with E-state index in [1.165, 1.54) is 0 Å². The van der Waals surface area contributed by atoms with Gasteiger partial charge in [-0.3, -0.25) is 4.79 Å². The zero-order chi connectivity index (χ0) is 19.6. The van der Waals surface area contributed by atoms with Crippen LogP contribution in [-0.4, -0.2) is 25.2 Å². The lowest BCUT2D eigenvalue weighted by Crippen LogP contribution is -2.21. The van der Waals surface area contributed by atoms with Gasteiger partial charge in [0.15, 0.2) is 0 Å². The van der Waals surface area contributed by atoms with E-state index in [0.717, 1.165) is 34.9 Å². The molecule has 0 heterocycles. The molecule has 5 nitrogen and oxygen atoms in total. The fourth-order valence-corrected chi connectivity index (χ4v) is 2.22. The summed E-state index contributed by atoms with van der Waals surface area (Å²) in [7, 11) is 0. The molecule has 1 atom stereocenters. The number of amides is 1. The van der Waals surface area contributed by atoms with Gasteiger partial charge in [0.2, 0.25) is 5.91 Å². The lowest BCUT2D eigenvalue weighted by atomic mass is 10.2. The number of carbonyl (C=O) groups excluding carboxylic acids is 1. The van der Waals surface area contributed by atoms with Crippen molar-refractivity contribution in [3.8, 4) is 11.5 Å². The fraction of sp³-hybridized carbons (Fsp3) is 0.318. The molecule has 1 unspecified atom stereocenters. The predicted octanol–water partition coefficient (Wildman–Crippen LogP) is 4.87. The first kappa shape index (κ1) is 20.4. The van der Waals surface area contributed by atoms with Crippen molar-refractivity contribution in [3.63, 3.8) is 0 Å². The Hall–Kier alpha value is -2.95. The molecule has 0 aliphatic carbocycles. The second-order valence-electron chi connectivity index (χ2n) is 6.54. The van der Waals surface area contributed by atoms with Gasteiger partial charge in [0, 0.05) is 17.4 Å². The van der Waals surface area contributed by atoms with Crippen LogP contribution in [0.15, 0.2) is 60.7 Å². The highest BCUT2D eigenvalue weighted by Crippen LogP contribution is 2.19.